The van der Waals surface area contributed by atoms with Crippen molar-refractivity contribution in [3.63, 3.8) is 0 Å². The maximum atomic E-state index is 11.5. The first kappa shape index (κ1) is 15.2. The first-order valence-corrected chi connectivity index (χ1v) is 6.05. The molecule has 8 nitrogen and oxygen atoms in total. The molecule has 0 aromatic carbocycles. The lowest BCUT2D eigenvalue weighted by Gasteiger charge is -2.16. The molecular weight excluding hydrogens is 254 g/mol. The Morgan fingerprint density at radius 2 is 2.11 bits per heavy atom. The van der Waals surface area contributed by atoms with Gasteiger partial charge in [0.15, 0.2) is 0 Å². The smallest absolute Gasteiger partial charge is 0.314 e. The van der Waals surface area contributed by atoms with Crippen LogP contribution in [0.5, 0.6) is 0 Å². The number of carboxylic acids is 1. The van der Waals surface area contributed by atoms with Crippen molar-refractivity contribution in [1.82, 2.24) is 15.5 Å². The molecule has 0 saturated carbocycles. The molecule has 1 rings (SSSR count). The zero-order valence-corrected chi connectivity index (χ0v) is 10.8. The van der Waals surface area contributed by atoms with E-state index in [1.165, 1.54) is 12.0 Å². The highest BCUT2D eigenvalue weighted by molar-refractivity contribution is 5.86. The monoisotopic (exact) mass is 273 g/mol. The van der Waals surface area contributed by atoms with Gasteiger partial charge in [-0.1, -0.05) is 0 Å². The molecule has 0 radical (unpaired) electrons. The summed E-state index contributed by atoms with van der Waals surface area (Å²) in [5, 5.41) is 14.0. The summed E-state index contributed by atoms with van der Waals surface area (Å²) in [4.78, 5) is 35.0. The summed E-state index contributed by atoms with van der Waals surface area (Å²) in [6.45, 7) is 1.66. The lowest BCUT2D eigenvalue weighted by atomic mass is 10.1. The zero-order chi connectivity index (χ0) is 14.3. The van der Waals surface area contributed by atoms with Crippen molar-refractivity contribution in [2.45, 2.75) is 6.42 Å². The van der Waals surface area contributed by atoms with E-state index in [4.69, 9.17) is 9.84 Å². The van der Waals surface area contributed by atoms with Crippen LogP contribution in [-0.2, 0) is 14.3 Å². The molecule has 8 heteroatoms. The van der Waals surface area contributed by atoms with Crippen molar-refractivity contribution >= 4 is 17.9 Å². The molecule has 19 heavy (non-hydrogen) atoms. The molecule has 1 unspecified atom stereocenters. The summed E-state index contributed by atoms with van der Waals surface area (Å²) in [7, 11) is 1.54. The highest BCUT2D eigenvalue weighted by atomic mass is 16.5. The number of hydrogen-bond acceptors (Lipinski definition) is 4. The van der Waals surface area contributed by atoms with E-state index in [2.05, 4.69) is 10.6 Å². The number of hydrogen-bond donors (Lipinski definition) is 3. The first-order valence-electron chi connectivity index (χ1n) is 6.05. The number of nitrogens with zero attached hydrogens (tertiary/aromatic N) is 1. The van der Waals surface area contributed by atoms with Crippen LogP contribution in [0, 0.1) is 5.92 Å². The molecule has 0 aliphatic carbocycles. The van der Waals surface area contributed by atoms with Gasteiger partial charge >= 0.3 is 12.0 Å². The Bertz CT molecular complexity index is 347. The first-order chi connectivity index (χ1) is 9.04. The van der Waals surface area contributed by atoms with Crippen LogP contribution in [0.2, 0.25) is 0 Å². The van der Waals surface area contributed by atoms with E-state index in [9.17, 15) is 14.4 Å². The summed E-state index contributed by atoms with van der Waals surface area (Å²) in [5.41, 5.74) is 0. The fraction of sp³-hybridized carbons (Fsp3) is 0.727. The normalized spacial score (nSPS) is 18.5. The second kappa shape index (κ2) is 7.57. The van der Waals surface area contributed by atoms with Crippen molar-refractivity contribution in [3.05, 3.63) is 0 Å². The molecular formula is C11H19N3O5. The van der Waals surface area contributed by atoms with E-state index in [0.717, 1.165) is 0 Å². The summed E-state index contributed by atoms with van der Waals surface area (Å²) in [6.07, 6.45) is 0.0371. The fourth-order valence-electron chi connectivity index (χ4n) is 1.79. The molecule has 1 fully saturated rings. The number of urea groups is 1. The van der Waals surface area contributed by atoms with Crippen LogP contribution in [-0.4, -0.2) is 67.8 Å². The fourth-order valence-corrected chi connectivity index (χ4v) is 1.79. The number of carbonyl (C=O) groups excluding carboxylic acids is 2. The lowest BCUT2D eigenvalue weighted by molar-refractivity contribution is -0.141. The quantitative estimate of drug-likeness (QED) is 0.508. The molecule has 1 aliphatic rings. The second-order valence-electron chi connectivity index (χ2n) is 4.25. The van der Waals surface area contributed by atoms with Crippen molar-refractivity contribution < 1.29 is 24.2 Å². The molecule has 3 N–H and O–H groups in total. The molecule has 0 aromatic rings. The van der Waals surface area contributed by atoms with Gasteiger partial charge in [0.25, 0.3) is 0 Å². The molecule has 0 bridgehead atoms. The maximum absolute atomic E-state index is 11.5. The number of carbonyl (C=O) groups is 3. The van der Waals surface area contributed by atoms with Crippen LogP contribution in [0.3, 0.4) is 0 Å². The number of rotatable bonds is 7. The van der Waals surface area contributed by atoms with Crippen molar-refractivity contribution in [2.75, 3.05) is 39.9 Å². The SMILES string of the molecule is COCCNC(=O)NCCN1CC(C(=O)O)CC1=O. The minimum atomic E-state index is -0.957. The third-order valence-corrected chi connectivity index (χ3v) is 2.82. The van der Waals surface area contributed by atoms with Gasteiger partial charge in [-0.05, 0) is 0 Å². The third-order valence-electron chi connectivity index (χ3n) is 2.82. The molecule has 1 aliphatic heterocycles. The van der Waals surface area contributed by atoms with Crippen LogP contribution in [0.4, 0.5) is 4.79 Å². The Labute approximate surface area is 111 Å². The number of methoxy groups -OCH3 is 1. The summed E-state index contributed by atoms with van der Waals surface area (Å²) in [5.74, 6) is -1.78. The Kier molecular flexibility index (Phi) is 6.07. The topological polar surface area (TPSA) is 108 Å². The van der Waals surface area contributed by atoms with E-state index >= 15 is 0 Å². The molecule has 108 valence electrons. The molecule has 1 atom stereocenters. The standard InChI is InChI=1S/C11H19N3O5/c1-19-5-3-13-11(18)12-2-4-14-7-8(10(16)17)6-9(14)15/h8H,2-7H2,1H3,(H,16,17)(H2,12,13,18). The van der Waals surface area contributed by atoms with Crippen molar-refractivity contribution in [3.8, 4) is 0 Å². The van der Waals surface area contributed by atoms with Gasteiger partial charge in [-0.15, -0.1) is 0 Å². The maximum Gasteiger partial charge on any atom is 0.314 e. The largest absolute Gasteiger partial charge is 0.481 e. The van der Waals surface area contributed by atoms with Gasteiger partial charge < -0.3 is 25.4 Å². The van der Waals surface area contributed by atoms with Gasteiger partial charge in [0, 0.05) is 39.7 Å². The summed E-state index contributed by atoms with van der Waals surface area (Å²) < 4.78 is 4.78. The zero-order valence-electron chi connectivity index (χ0n) is 10.8. The number of carboxylic acid groups (broad SMARTS) is 1. The Balaban J connectivity index is 2.17. The van der Waals surface area contributed by atoms with Gasteiger partial charge in [-0.25, -0.2) is 4.79 Å². The van der Waals surface area contributed by atoms with Crippen LogP contribution in [0.25, 0.3) is 0 Å². The van der Waals surface area contributed by atoms with E-state index in [1.54, 1.807) is 0 Å². The number of amides is 3. The molecule has 1 heterocycles. The number of ether oxygens (including phenoxy) is 1. The van der Waals surface area contributed by atoms with Gasteiger partial charge in [-0.2, -0.15) is 0 Å². The third kappa shape index (κ3) is 5.12. The Morgan fingerprint density at radius 1 is 1.42 bits per heavy atom. The van der Waals surface area contributed by atoms with Crippen LogP contribution < -0.4 is 10.6 Å². The lowest BCUT2D eigenvalue weighted by Crippen LogP contribution is -2.41. The van der Waals surface area contributed by atoms with Gasteiger partial charge in [0.05, 0.1) is 12.5 Å². The van der Waals surface area contributed by atoms with Crippen LogP contribution >= 0.6 is 0 Å². The van der Waals surface area contributed by atoms with Crippen molar-refractivity contribution in [1.29, 1.82) is 0 Å². The molecule has 0 aromatic heterocycles. The minimum Gasteiger partial charge on any atom is -0.481 e. The average Bonchev–Trinajstić information content (AvgIpc) is 2.72. The van der Waals surface area contributed by atoms with E-state index in [1.807, 2.05) is 0 Å². The number of aliphatic carboxylic acids is 1. The predicted octanol–water partition coefficient (Wildman–Crippen LogP) is -1.13. The summed E-state index contributed by atoms with van der Waals surface area (Å²) in [6, 6.07) is -0.335. The van der Waals surface area contributed by atoms with Crippen molar-refractivity contribution in [2.24, 2.45) is 5.92 Å². The highest BCUT2D eigenvalue weighted by Gasteiger charge is 2.33. The van der Waals surface area contributed by atoms with E-state index < -0.39 is 11.9 Å². The van der Waals surface area contributed by atoms with Crippen LogP contribution in [0.15, 0.2) is 0 Å². The summed E-state index contributed by atoms with van der Waals surface area (Å²) >= 11 is 0. The molecule has 3 amide bonds. The Hall–Kier alpha value is -1.83. The predicted molar refractivity (Wildman–Crippen MR) is 65.6 cm³/mol. The highest BCUT2D eigenvalue weighted by Crippen LogP contribution is 2.16. The molecule has 0 spiro atoms. The van der Waals surface area contributed by atoms with Gasteiger partial charge in [0.2, 0.25) is 5.91 Å². The van der Waals surface area contributed by atoms with Gasteiger partial charge in [0.1, 0.15) is 0 Å². The minimum absolute atomic E-state index is 0.0371. The average molecular weight is 273 g/mol. The number of nitrogens with one attached hydrogen (secondary N) is 2. The van der Waals surface area contributed by atoms with E-state index in [0.29, 0.717) is 19.7 Å². The second-order valence-corrected chi connectivity index (χ2v) is 4.25. The van der Waals surface area contributed by atoms with Gasteiger partial charge in [-0.3, -0.25) is 9.59 Å². The Morgan fingerprint density at radius 3 is 2.68 bits per heavy atom. The van der Waals surface area contributed by atoms with Crippen LogP contribution in [0.1, 0.15) is 6.42 Å². The van der Waals surface area contributed by atoms with E-state index in [-0.39, 0.29) is 31.4 Å². The number of likely N-dealkylation sites (tertiary alicyclic amines) is 1. The molecule has 1 saturated heterocycles.